The van der Waals surface area contributed by atoms with Crippen LogP contribution >= 0.6 is 0 Å². The minimum absolute atomic E-state index is 0.118. The normalized spacial score (nSPS) is 19.7. The van der Waals surface area contributed by atoms with Gasteiger partial charge < -0.3 is 33.2 Å². The smallest absolute Gasteiger partial charge is 0.250 e. The molecule has 1 aliphatic heterocycles. The van der Waals surface area contributed by atoms with Crippen molar-refractivity contribution in [1.82, 2.24) is 0 Å². The molecule has 0 saturated carbocycles. The first-order valence-corrected chi connectivity index (χ1v) is 17.8. The number of aliphatic hydroxyl groups is 1. The van der Waals surface area contributed by atoms with Crippen LogP contribution in [0.1, 0.15) is 50.8 Å². The van der Waals surface area contributed by atoms with Crippen LogP contribution in [0.5, 0.6) is 23.0 Å². The van der Waals surface area contributed by atoms with Gasteiger partial charge in [0, 0.05) is 38.7 Å². The van der Waals surface area contributed by atoms with E-state index in [2.05, 4.69) is 57.8 Å². The Balaban J connectivity index is 1.58. The van der Waals surface area contributed by atoms with E-state index in [1.165, 1.54) is 0 Å². The Bertz CT molecular complexity index is 1450. The van der Waals surface area contributed by atoms with Crippen LogP contribution in [0.25, 0.3) is 0 Å². The molecule has 236 valence electrons. The first-order valence-electron chi connectivity index (χ1n) is 14.9. The third-order valence-electron chi connectivity index (χ3n) is 8.87. The molecule has 0 aromatic heterocycles. The summed E-state index contributed by atoms with van der Waals surface area (Å²) in [6.45, 7) is 13.7. The quantitative estimate of drug-likeness (QED) is 0.138. The Kier molecular flexibility index (Phi) is 10.4. The van der Waals surface area contributed by atoms with Gasteiger partial charge in [0.15, 0.2) is 13.6 Å². The highest BCUT2D eigenvalue weighted by Crippen LogP contribution is 2.52. The van der Waals surface area contributed by atoms with Crippen LogP contribution in [0.2, 0.25) is 18.1 Å². The van der Waals surface area contributed by atoms with Crippen molar-refractivity contribution in [1.29, 1.82) is 0 Å². The van der Waals surface area contributed by atoms with E-state index >= 15 is 0 Å². The molecule has 4 rings (SSSR count). The molecule has 0 aliphatic carbocycles. The molecule has 3 aromatic carbocycles. The summed E-state index contributed by atoms with van der Waals surface area (Å²) < 4.78 is 34.0. The largest absolute Gasteiger partial charge is 0.544 e. The van der Waals surface area contributed by atoms with Crippen LogP contribution in [-0.4, -0.2) is 47.8 Å². The third-order valence-corrected chi connectivity index (χ3v) is 13.2. The van der Waals surface area contributed by atoms with Gasteiger partial charge in [0.2, 0.25) is 8.32 Å². The van der Waals surface area contributed by atoms with E-state index in [-0.39, 0.29) is 31.7 Å². The monoisotopic (exact) mass is 618 g/mol. The zero-order valence-corrected chi connectivity index (χ0v) is 28.3. The highest BCUT2D eigenvalue weighted by Gasteiger charge is 2.53. The maximum atomic E-state index is 12.6. The minimum Gasteiger partial charge on any atom is -0.544 e. The number of benzene rings is 3. The number of rotatable bonds is 11. The van der Waals surface area contributed by atoms with Gasteiger partial charge in [-0.05, 0) is 72.6 Å². The van der Waals surface area contributed by atoms with Crippen molar-refractivity contribution >= 4 is 8.32 Å². The van der Waals surface area contributed by atoms with Gasteiger partial charge in [-0.1, -0.05) is 56.9 Å². The number of hydrogen-bond acceptors (Lipinski definition) is 7. The molecule has 2 atom stereocenters. The average molecular weight is 619 g/mol. The molecule has 2 unspecified atom stereocenters. The molecule has 0 fully saturated rings. The molecule has 1 aliphatic rings. The van der Waals surface area contributed by atoms with Crippen LogP contribution in [0.15, 0.2) is 66.7 Å². The fraction of sp³-hybridized carbons (Fsp3) is 0.444. The zero-order valence-electron chi connectivity index (χ0n) is 27.3. The summed E-state index contributed by atoms with van der Waals surface area (Å²) in [5.74, 6) is 9.34. The lowest BCUT2D eigenvalue weighted by molar-refractivity contribution is -0.0711. The summed E-state index contributed by atoms with van der Waals surface area (Å²) in [6, 6.07) is 21.3. The molecule has 44 heavy (non-hydrogen) atoms. The first kappa shape index (κ1) is 33.4. The van der Waals surface area contributed by atoms with Crippen molar-refractivity contribution < 1.29 is 33.2 Å². The molecular weight excluding hydrogens is 572 g/mol. The van der Waals surface area contributed by atoms with Gasteiger partial charge in [-0.25, -0.2) is 0 Å². The number of hydrogen-bond donors (Lipinski definition) is 1. The lowest BCUT2D eigenvalue weighted by Gasteiger charge is -2.48. The molecule has 0 saturated heterocycles. The summed E-state index contributed by atoms with van der Waals surface area (Å²) in [6.07, 6.45) is 0.776. The number of ether oxygens (including phenoxy) is 5. The van der Waals surface area contributed by atoms with E-state index in [0.717, 1.165) is 16.9 Å². The fourth-order valence-electron chi connectivity index (χ4n) is 4.96. The molecule has 1 heterocycles. The highest BCUT2D eigenvalue weighted by atomic mass is 28.4. The van der Waals surface area contributed by atoms with E-state index in [9.17, 15) is 5.11 Å². The number of fused-ring (bicyclic) bond motifs is 1. The molecular formula is C36H46O7Si. The molecule has 1 N–H and O–H groups in total. The van der Waals surface area contributed by atoms with Crippen LogP contribution in [0.4, 0.5) is 0 Å². The third kappa shape index (κ3) is 7.24. The molecule has 8 heteroatoms. The van der Waals surface area contributed by atoms with E-state index in [4.69, 9.17) is 28.1 Å². The Labute approximate surface area is 263 Å². The zero-order chi connectivity index (χ0) is 32.0. The Morgan fingerprint density at radius 2 is 1.43 bits per heavy atom. The van der Waals surface area contributed by atoms with Crippen molar-refractivity contribution in [2.75, 3.05) is 34.4 Å². The second-order valence-electron chi connectivity index (χ2n) is 13.0. The SMILES string of the molecule is COCOc1ccc(C2(C)COc3cc(OCOC)ccc3C2(O)CC#CCc2ccc(O[Si](C)(C)C(C)(C)C)cc2)cc1. The van der Waals surface area contributed by atoms with Gasteiger partial charge in [-0.2, -0.15) is 0 Å². The van der Waals surface area contributed by atoms with Gasteiger partial charge in [0.05, 0.1) is 5.41 Å². The van der Waals surface area contributed by atoms with Crippen LogP contribution < -0.4 is 18.6 Å². The molecule has 0 bridgehead atoms. The molecule has 7 nitrogen and oxygen atoms in total. The summed E-state index contributed by atoms with van der Waals surface area (Å²) in [5, 5.41) is 12.7. The maximum absolute atomic E-state index is 12.6. The minimum atomic E-state index is -1.91. The maximum Gasteiger partial charge on any atom is 0.250 e. The van der Waals surface area contributed by atoms with E-state index < -0.39 is 19.3 Å². The number of methoxy groups -OCH3 is 2. The topological polar surface area (TPSA) is 75.6 Å². The summed E-state index contributed by atoms with van der Waals surface area (Å²) in [5.41, 5.74) is 0.523. The van der Waals surface area contributed by atoms with Crippen LogP contribution in [0, 0.1) is 11.8 Å². The van der Waals surface area contributed by atoms with Gasteiger partial charge in [-0.15, -0.1) is 0 Å². The second kappa shape index (κ2) is 13.7. The van der Waals surface area contributed by atoms with Crippen LogP contribution in [-0.2, 0) is 26.9 Å². The highest BCUT2D eigenvalue weighted by molar-refractivity contribution is 6.74. The predicted octanol–water partition coefficient (Wildman–Crippen LogP) is 7.21. The van der Waals surface area contributed by atoms with Gasteiger partial charge in [0.25, 0.3) is 0 Å². The molecule has 0 radical (unpaired) electrons. The standard InChI is InChI=1S/C36H46O7Si/c1-34(2,3)44(7,8)43-30-16-12-27(13-17-30)11-9-10-22-36(37)32-21-20-31(42-26-39-6)23-33(32)40-24-35(36,4)28-14-18-29(19-15-28)41-25-38-5/h12-21,23,37H,11,22,24-26H2,1-8H3. The molecule has 0 amide bonds. The Hall–Kier alpha value is -3.48. The van der Waals surface area contributed by atoms with Crippen molar-refractivity contribution in [2.24, 2.45) is 0 Å². The van der Waals surface area contributed by atoms with Gasteiger partial charge in [-0.3, -0.25) is 0 Å². The second-order valence-corrected chi connectivity index (χ2v) is 17.7. The van der Waals surface area contributed by atoms with E-state index in [0.29, 0.717) is 29.2 Å². The lowest BCUT2D eigenvalue weighted by Crippen LogP contribution is -2.53. The van der Waals surface area contributed by atoms with Crippen molar-refractivity contribution in [3.63, 3.8) is 0 Å². The first-order chi connectivity index (χ1) is 20.8. The van der Waals surface area contributed by atoms with Crippen molar-refractivity contribution in [3.8, 4) is 34.8 Å². The van der Waals surface area contributed by atoms with Gasteiger partial charge >= 0.3 is 0 Å². The summed E-state index contributed by atoms with van der Waals surface area (Å²) in [4.78, 5) is 0. The van der Waals surface area contributed by atoms with Crippen molar-refractivity contribution in [2.45, 2.75) is 69.7 Å². The fourth-order valence-corrected chi connectivity index (χ4v) is 5.99. The van der Waals surface area contributed by atoms with Crippen molar-refractivity contribution in [3.05, 3.63) is 83.4 Å². The molecule has 0 spiro atoms. The summed E-state index contributed by atoms with van der Waals surface area (Å²) in [7, 11) is 1.25. The lowest BCUT2D eigenvalue weighted by atomic mass is 9.63. The van der Waals surface area contributed by atoms with Gasteiger partial charge in [0.1, 0.15) is 35.2 Å². The van der Waals surface area contributed by atoms with E-state index in [1.807, 2.05) is 55.5 Å². The van der Waals surface area contributed by atoms with Crippen LogP contribution in [0.3, 0.4) is 0 Å². The molecule has 3 aromatic rings. The Morgan fingerprint density at radius 1 is 0.841 bits per heavy atom. The predicted molar refractivity (Wildman–Crippen MR) is 175 cm³/mol. The Morgan fingerprint density at radius 3 is 2.05 bits per heavy atom. The van der Waals surface area contributed by atoms with E-state index in [1.54, 1.807) is 20.3 Å². The summed E-state index contributed by atoms with van der Waals surface area (Å²) >= 11 is 0. The average Bonchev–Trinajstić information content (AvgIpc) is 2.99.